The van der Waals surface area contributed by atoms with Gasteiger partial charge >= 0.3 is 0 Å². The predicted octanol–water partition coefficient (Wildman–Crippen LogP) is 4.14. The summed E-state index contributed by atoms with van der Waals surface area (Å²) in [4.78, 5) is 0. The summed E-state index contributed by atoms with van der Waals surface area (Å²) in [6.07, 6.45) is 9.52. The number of aliphatic hydroxyl groups is 1. The van der Waals surface area contributed by atoms with Crippen molar-refractivity contribution in [3.05, 3.63) is 0 Å². The molecule has 86 valence electrons. The molecular formula is C13H28O. The third-order valence-corrected chi connectivity index (χ3v) is 2.71. The van der Waals surface area contributed by atoms with Crippen molar-refractivity contribution in [2.75, 3.05) is 0 Å². The van der Waals surface area contributed by atoms with Crippen LogP contribution in [-0.2, 0) is 0 Å². The van der Waals surface area contributed by atoms with E-state index in [1.54, 1.807) is 0 Å². The second-order valence-corrected chi connectivity index (χ2v) is 4.83. The van der Waals surface area contributed by atoms with Crippen LogP contribution in [0.15, 0.2) is 0 Å². The lowest BCUT2D eigenvalue weighted by Gasteiger charge is -2.09. The second kappa shape index (κ2) is 9.51. The summed E-state index contributed by atoms with van der Waals surface area (Å²) in [5.74, 6) is 0.833. The number of hydrogen-bond donors (Lipinski definition) is 1. The fraction of sp³-hybridized carbons (Fsp3) is 1.00. The Labute approximate surface area is 89.9 Å². The Morgan fingerprint density at radius 3 is 2.00 bits per heavy atom. The first-order valence-corrected chi connectivity index (χ1v) is 6.34. The zero-order valence-electron chi connectivity index (χ0n) is 10.3. The minimum absolute atomic E-state index is 0.0333. The van der Waals surface area contributed by atoms with Gasteiger partial charge in [-0.15, -0.1) is 0 Å². The van der Waals surface area contributed by atoms with Gasteiger partial charge in [-0.3, -0.25) is 0 Å². The molecule has 0 unspecified atom stereocenters. The summed E-state index contributed by atoms with van der Waals surface area (Å²) in [6.45, 7) is 6.72. The highest BCUT2D eigenvalue weighted by molar-refractivity contribution is 4.56. The van der Waals surface area contributed by atoms with E-state index in [4.69, 9.17) is 0 Å². The topological polar surface area (TPSA) is 20.2 Å². The van der Waals surface area contributed by atoms with E-state index in [9.17, 15) is 5.11 Å². The van der Waals surface area contributed by atoms with Gasteiger partial charge in [0.25, 0.3) is 0 Å². The van der Waals surface area contributed by atoms with E-state index < -0.39 is 0 Å². The van der Waals surface area contributed by atoms with E-state index in [0.717, 1.165) is 18.8 Å². The summed E-state index contributed by atoms with van der Waals surface area (Å²) in [5.41, 5.74) is 0. The quantitative estimate of drug-likeness (QED) is 0.554. The van der Waals surface area contributed by atoms with Gasteiger partial charge in [-0.1, -0.05) is 59.3 Å². The molecule has 0 aliphatic rings. The maximum absolute atomic E-state index is 9.59. The molecule has 1 heteroatoms. The Morgan fingerprint density at radius 1 is 0.857 bits per heavy atom. The molecule has 0 bridgehead atoms. The van der Waals surface area contributed by atoms with Crippen molar-refractivity contribution in [1.29, 1.82) is 0 Å². The van der Waals surface area contributed by atoms with Crippen molar-refractivity contribution in [2.24, 2.45) is 5.92 Å². The third kappa shape index (κ3) is 10.0. The van der Waals surface area contributed by atoms with Crippen LogP contribution in [0.3, 0.4) is 0 Å². The van der Waals surface area contributed by atoms with Gasteiger partial charge in [-0.05, 0) is 18.8 Å². The van der Waals surface area contributed by atoms with Gasteiger partial charge in [0.05, 0.1) is 6.10 Å². The molecule has 0 aromatic rings. The van der Waals surface area contributed by atoms with Crippen LogP contribution >= 0.6 is 0 Å². The maximum atomic E-state index is 9.59. The molecule has 1 N–H and O–H groups in total. The predicted molar refractivity (Wildman–Crippen MR) is 63.5 cm³/mol. The fourth-order valence-electron chi connectivity index (χ4n) is 1.69. The molecule has 0 amide bonds. The first-order valence-electron chi connectivity index (χ1n) is 6.34. The number of rotatable bonds is 9. The molecular weight excluding hydrogens is 172 g/mol. The summed E-state index contributed by atoms with van der Waals surface area (Å²) >= 11 is 0. The van der Waals surface area contributed by atoms with Crippen molar-refractivity contribution in [3.63, 3.8) is 0 Å². The lowest BCUT2D eigenvalue weighted by atomic mass is 10.0. The van der Waals surface area contributed by atoms with Crippen molar-refractivity contribution in [2.45, 2.75) is 78.2 Å². The molecule has 0 spiro atoms. The van der Waals surface area contributed by atoms with Gasteiger partial charge < -0.3 is 5.11 Å². The minimum Gasteiger partial charge on any atom is -0.393 e. The van der Waals surface area contributed by atoms with Gasteiger partial charge in [0.2, 0.25) is 0 Å². The Balaban J connectivity index is 3.10. The SMILES string of the molecule is CCCC[C@H](O)CCCCCC(C)C. The first kappa shape index (κ1) is 14.0. The van der Waals surface area contributed by atoms with Crippen molar-refractivity contribution in [3.8, 4) is 0 Å². The standard InChI is InChI=1S/C13H28O/c1-4-5-10-13(14)11-8-6-7-9-12(2)3/h12-14H,4-11H2,1-3H3/t13-/m0/s1. The zero-order chi connectivity index (χ0) is 10.8. The second-order valence-electron chi connectivity index (χ2n) is 4.83. The van der Waals surface area contributed by atoms with E-state index >= 15 is 0 Å². The van der Waals surface area contributed by atoms with Crippen molar-refractivity contribution < 1.29 is 5.11 Å². The summed E-state index contributed by atoms with van der Waals surface area (Å²) in [7, 11) is 0. The molecule has 0 saturated carbocycles. The largest absolute Gasteiger partial charge is 0.393 e. The number of aliphatic hydroxyl groups excluding tert-OH is 1. The molecule has 14 heavy (non-hydrogen) atoms. The average molecular weight is 200 g/mol. The van der Waals surface area contributed by atoms with Crippen LogP contribution < -0.4 is 0 Å². The fourth-order valence-corrected chi connectivity index (χ4v) is 1.69. The first-order chi connectivity index (χ1) is 6.66. The minimum atomic E-state index is -0.0333. The molecule has 0 saturated heterocycles. The van der Waals surface area contributed by atoms with Crippen molar-refractivity contribution in [1.82, 2.24) is 0 Å². The molecule has 1 nitrogen and oxygen atoms in total. The highest BCUT2D eigenvalue weighted by Gasteiger charge is 2.02. The van der Waals surface area contributed by atoms with E-state index in [0.29, 0.717) is 0 Å². The Kier molecular flexibility index (Phi) is 9.49. The lowest BCUT2D eigenvalue weighted by Crippen LogP contribution is -2.05. The van der Waals surface area contributed by atoms with E-state index in [-0.39, 0.29) is 6.10 Å². The van der Waals surface area contributed by atoms with Crippen molar-refractivity contribution >= 4 is 0 Å². The molecule has 0 heterocycles. The molecule has 0 aromatic carbocycles. The van der Waals surface area contributed by atoms with E-state index in [1.165, 1.54) is 38.5 Å². The van der Waals surface area contributed by atoms with Gasteiger partial charge in [0.1, 0.15) is 0 Å². The van der Waals surface area contributed by atoms with Gasteiger partial charge in [-0.2, -0.15) is 0 Å². The molecule has 0 aromatic heterocycles. The van der Waals surface area contributed by atoms with Crippen LogP contribution in [-0.4, -0.2) is 11.2 Å². The monoisotopic (exact) mass is 200 g/mol. The van der Waals surface area contributed by atoms with Gasteiger partial charge in [0, 0.05) is 0 Å². The third-order valence-electron chi connectivity index (χ3n) is 2.71. The van der Waals surface area contributed by atoms with Crippen LogP contribution in [0, 0.1) is 5.92 Å². The zero-order valence-corrected chi connectivity index (χ0v) is 10.3. The molecule has 0 fully saturated rings. The molecule has 0 aliphatic carbocycles. The van der Waals surface area contributed by atoms with Crippen LogP contribution in [0.4, 0.5) is 0 Å². The summed E-state index contributed by atoms with van der Waals surface area (Å²) in [5, 5.41) is 9.59. The normalized spacial score (nSPS) is 13.5. The highest BCUT2D eigenvalue weighted by Crippen LogP contribution is 2.12. The Bertz CT molecular complexity index is 110. The van der Waals surface area contributed by atoms with Crippen LogP contribution in [0.2, 0.25) is 0 Å². The van der Waals surface area contributed by atoms with Gasteiger partial charge in [0.15, 0.2) is 0 Å². The summed E-state index contributed by atoms with van der Waals surface area (Å²) < 4.78 is 0. The molecule has 0 rings (SSSR count). The molecule has 0 radical (unpaired) electrons. The lowest BCUT2D eigenvalue weighted by molar-refractivity contribution is 0.148. The van der Waals surface area contributed by atoms with Crippen LogP contribution in [0.1, 0.15) is 72.1 Å². The summed E-state index contributed by atoms with van der Waals surface area (Å²) in [6, 6.07) is 0. The Morgan fingerprint density at radius 2 is 1.43 bits per heavy atom. The maximum Gasteiger partial charge on any atom is 0.0540 e. The molecule has 1 atom stereocenters. The van der Waals surface area contributed by atoms with Gasteiger partial charge in [-0.25, -0.2) is 0 Å². The number of unbranched alkanes of at least 4 members (excludes halogenated alkanes) is 3. The number of hydrogen-bond acceptors (Lipinski definition) is 1. The van der Waals surface area contributed by atoms with E-state index in [1.807, 2.05) is 0 Å². The highest BCUT2D eigenvalue weighted by atomic mass is 16.3. The Hall–Kier alpha value is -0.0400. The smallest absolute Gasteiger partial charge is 0.0540 e. The van der Waals surface area contributed by atoms with Crippen LogP contribution in [0.25, 0.3) is 0 Å². The van der Waals surface area contributed by atoms with E-state index in [2.05, 4.69) is 20.8 Å². The van der Waals surface area contributed by atoms with Crippen LogP contribution in [0.5, 0.6) is 0 Å². The molecule has 0 aliphatic heterocycles. The average Bonchev–Trinajstić information content (AvgIpc) is 2.13.